The second-order valence-corrected chi connectivity index (χ2v) is 4.48. The minimum absolute atomic E-state index is 0.0608. The van der Waals surface area contributed by atoms with Crippen LogP contribution in [0.2, 0.25) is 0 Å². The first-order valence-electron chi connectivity index (χ1n) is 6.28. The second kappa shape index (κ2) is 7.43. The van der Waals surface area contributed by atoms with Crippen LogP contribution in [0.25, 0.3) is 0 Å². The number of benzene rings is 1. The summed E-state index contributed by atoms with van der Waals surface area (Å²) >= 11 is 0. The molecule has 0 aliphatic rings. The lowest BCUT2D eigenvalue weighted by molar-refractivity contribution is -0.139. The molecule has 0 saturated heterocycles. The Hall–Kier alpha value is -0.900. The predicted octanol–water partition coefficient (Wildman–Crippen LogP) is 2.60. The first-order valence-corrected chi connectivity index (χ1v) is 6.28. The van der Waals surface area contributed by atoms with Crippen molar-refractivity contribution in [1.82, 2.24) is 5.06 Å². The van der Waals surface area contributed by atoms with Crippen molar-refractivity contribution >= 4 is 0 Å². The van der Waals surface area contributed by atoms with Crippen molar-refractivity contribution in [2.45, 2.75) is 26.3 Å². The van der Waals surface area contributed by atoms with E-state index in [2.05, 4.69) is 26.0 Å². The van der Waals surface area contributed by atoms with Crippen LogP contribution in [0.5, 0.6) is 0 Å². The van der Waals surface area contributed by atoms with E-state index in [1.54, 1.807) is 7.11 Å². The topological polar surface area (TPSA) is 38.5 Å². The first-order chi connectivity index (χ1) is 8.19. The summed E-state index contributed by atoms with van der Waals surface area (Å²) in [6, 6.07) is 10.3. The highest BCUT2D eigenvalue weighted by Crippen LogP contribution is 2.19. The number of rotatable bonds is 7. The van der Waals surface area contributed by atoms with Crippen molar-refractivity contribution in [3.8, 4) is 0 Å². The minimum atomic E-state index is 0.0608. The van der Waals surface area contributed by atoms with Crippen LogP contribution in [0.1, 0.15) is 31.9 Å². The third-order valence-corrected chi connectivity index (χ3v) is 3.02. The largest absolute Gasteiger partial charge is 0.324 e. The van der Waals surface area contributed by atoms with Crippen molar-refractivity contribution in [1.29, 1.82) is 0 Å². The highest BCUT2D eigenvalue weighted by atomic mass is 16.7. The number of hydrogen-bond acceptors (Lipinski definition) is 3. The van der Waals surface area contributed by atoms with Crippen LogP contribution >= 0.6 is 0 Å². The van der Waals surface area contributed by atoms with Gasteiger partial charge >= 0.3 is 0 Å². The van der Waals surface area contributed by atoms with Crippen LogP contribution < -0.4 is 5.73 Å². The minimum Gasteiger partial charge on any atom is -0.324 e. The Bertz CT molecular complexity index is 302. The molecule has 3 heteroatoms. The predicted molar refractivity (Wildman–Crippen MR) is 71.4 cm³/mol. The van der Waals surface area contributed by atoms with Crippen LogP contribution in [0.15, 0.2) is 30.3 Å². The molecule has 0 aliphatic carbocycles. The van der Waals surface area contributed by atoms with Crippen LogP contribution in [0.3, 0.4) is 0 Å². The van der Waals surface area contributed by atoms with Gasteiger partial charge in [0.2, 0.25) is 0 Å². The standard InChI is InChI=1S/C14H24N2O/c1-4-10-16(17-3)11-12(2)14(15)13-8-6-5-7-9-13/h5-9,12,14H,4,10-11,15H2,1-3H3. The van der Waals surface area contributed by atoms with E-state index >= 15 is 0 Å². The van der Waals surface area contributed by atoms with Crippen LogP contribution in [0.4, 0.5) is 0 Å². The lowest BCUT2D eigenvalue weighted by Gasteiger charge is -2.26. The normalized spacial score (nSPS) is 14.9. The maximum atomic E-state index is 6.26. The molecule has 0 fully saturated rings. The Morgan fingerprint density at radius 2 is 1.94 bits per heavy atom. The van der Waals surface area contributed by atoms with Gasteiger partial charge in [-0.25, -0.2) is 0 Å². The molecule has 96 valence electrons. The monoisotopic (exact) mass is 236 g/mol. The summed E-state index contributed by atoms with van der Waals surface area (Å²) in [6.07, 6.45) is 1.08. The fourth-order valence-corrected chi connectivity index (χ4v) is 1.95. The zero-order chi connectivity index (χ0) is 12.7. The van der Waals surface area contributed by atoms with E-state index in [-0.39, 0.29) is 6.04 Å². The van der Waals surface area contributed by atoms with Gasteiger partial charge in [-0.1, -0.05) is 44.2 Å². The Labute approximate surface area is 105 Å². The first kappa shape index (κ1) is 14.2. The quantitative estimate of drug-likeness (QED) is 0.740. The molecule has 2 unspecified atom stereocenters. The van der Waals surface area contributed by atoms with Crippen molar-refractivity contribution in [3.05, 3.63) is 35.9 Å². The van der Waals surface area contributed by atoms with E-state index in [9.17, 15) is 0 Å². The van der Waals surface area contributed by atoms with E-state index in [1.807, 2.05) is 23.3 Å². The SMILES string of the molecule is CCCN(CC(C)C(N)c1ccccc1)OC. The molecule has 2 N–H and O–H groups in total. The van der Waals surface area contributed by atoms with Crippen LogP contribution in [0, 0.1) is 5.92 Å². The van der Waals surface area contributed by atoms with E-state index in [1.165, 1.54) is 5.56 Å². The molecule has 0 heterocycles. The molecular weight excluding hydrogens is 212 g/mol. The summed E-state index contributed by atoms with van der Waals surface area (Å²) in [5.41, 5.74) is 7.44. The molecule has 1 rings (SSSR count). The summed E-state index contributed by atoms with van der Waals surface area (Å²) in [7, 11) is 1.72. The highest BCUT2D eigenvalue weighted by Gasteiger charge is 2.17. The average molecular weight is 236 g/mol. The maximum absolute atomic E-state index is 6.26. The zero-order valence-electron chi connectivity index (χ0n) is 11.1. The Balaban J connectivity index is 2.54. The van der Waals surface area contributed by atoms with Crippen LogP contribution in [-0.2, 0) is 4.84 Å². The van der Waals surface area contributed by atoms with Gasteiger partial charge < -0.3 is 10.6 Å². The van der Waals surface area contributed by atoms with Crippen molar-refractivity contribution in [3.63, 3.8) is 0 Å². The second-order valence-electron chi connectivity index (χ2n) is 4.48. The Kier molecular flexibility index (Phi) is 6.19. The molecule has 17 heavy (non-hydrogen) atoms. The lowest BCUT2D eigenvalue weighted by Crippen LogP contribution is -2.33. The fourth-order valence-electron chi connectivity index (χ4n) is 1.95. The third-order valence-electron chi connectivity index (χ3n) is 3.02. The molecular formula is C14H24N2O. The van der Waals surface area contributed by atoms with Gasteiger partial charge in [-0.2, -0.15) is 5.06 Å². The zero-order valence-corrected chi connectivity index (χ0v) is 11.1. The third kappa shape index (κ3) is 4.46. The molecule has 0 aromatic heterocycles. The number of hydrogen-bond donors (Lipinski definition) is 1. The van der Waals surface area contributed by atoms with Gasteiger partial charge in [0.1, 0.15) is 0 Å². The molecule has 1 aromatic rings. The molecule has 0 radical (unpaired) electrons. The van der Waals surface area contributed by atoms with E-state index in [4.69, 9.17) is 10.6 Å². The molecule has 2 atom stereocenters. The summed E-state index contributed by atoms with van der Waals surface area (Å²) in [4.78, 5) is 5.33. The highest BCUT2D eigenvalue weighted by molar-refractivity contribution is 5.19. The van der Waals surface area contributed by atoms with Gasteiger partial charge in [0.15, 0.2) is 0 Å². The maximum Gasteiger partial charge on any atom is 0.0575 e. The van der Waals surface area contributed by atoms with Gasteiger partial charge in [0.25, 0.3) is 0 Å². The average Bonchev–Trinajstić information content (AvgIpc) is 2.38. The van der Waals surface area contributed by atoms with Gasteiger partial charge in [-0.05, 0) is 17.9 Å². The molecule has 0 amide bonds. The van der Waals surface area contributed by atoms with Crippen molar-refractivity contribution in [2.75, 3.05) is 20.2 Å². The van der Waals surface area contributed by atoms with Gasteiger partial charge in [0.05, 0.1) is 7.11 Å². The fraction of sp³-hybridized carbons (Fsp3) is 0.571. The number of nitrogens with zero attached hydrogens (tertiary/aromatic N) is 1. The molecule has 0 bridgehead atoms. The van der Waals surface area contributed by atoms with Crippen molar-refractivity contribution < 1.29 is 4.84 Å². The molecule has 3 nitrogen and oxygen atoms in total. The van der Waals surface area contributed by atoms with E-state index in [0.29, 0.717) is 5.92 Å². The van der Waals surface area contributed by atoms with Crippen LogP contribution in [-0.4, -0.2) is 25.3 Å². The van der Waals surface area contributed by atoms with E-state index in [0.717, 1.165) is 19.5 Å². The lowest BCUT2D eigenvalue weighted by atomic mass is 9.95. The van der Waals surface area contributed by atoms with Gasteiger partial charge in [-0.15, -0.1) is 0 Å². The van der Waals surface area contributed by atoms with Gasteiger partial charge in [0, 0.05) is 19.1 Å². The Morgan fingerprint density at radius 3 is 2.47 bits per heavy atom. The molecule has 0 spiro atoms. The molecule has 0 saturated carbocycles. The Morgan fingerprint density at radius 1 is 1.29 bits per heavy atom. The molecule has 1 aromatic carbocycles. The van der Waals surface area contributed by atoms with Crippen molar-refractivity contribution in [2.24, 2.45) is 11.7 Å². The summed E-state index contributed by atoms with van der Waals surface area (Å²) in [6.45, 7) is 6.12. The number of hydroxylamine groups is 2. The molecule has 0 aliphatic heterocycles. The summed E-state index contributed by atoms with van der Waals surface area (Å²) in [5, 5.41) is 1.98. The smallest absolute Gasteiger partial charge is 0.0575 e. The summed E-state index contributed by atoms with van der Waals surface area (Å²) in [5.74, 6) is 0.365. The number of nitrogens with two attached hydrogens (primary N) is 1. The van der Waals surface area contributed by atoms with E-state index < -0.39 is 0 Å². The van der Waals surface area contributed by atoms with Gasteiger partial charge in [-0.3, -0.25) is 0 Å². The summed E-state index contributed by atoms with van der Waals surface area (Å²) < 4.78 is 0.